The van der Waals surface area contributed by atoms with Crippen LogP contribution in [0.5, 0.6) is 0 Å². The Kier molecular flexibility index (Phi) is 4.66. The van der Waals surface area contributed by atoms with Crippen LogP contribution in [-0.2, 0) is 6.54 Å². The molecule has 0 bridgehead atoms. The molecule has 1 unspecified atom stereocenters. The standard InChI is InChI=1S/C18H17F2N3O/c1-12(15-10-14(19)8-9-16(15)20)23(2)11-17-21-18(22-24-17)13-6-4-3-5-7-13/h3-10,12H,11H2,1-2H3. The Morgan fingerprint density at radius 1 is 1.12 bits per heavy atom. The summed E-state index contributed by atoms with van der Waals surface area (Å²) in [6, 6.07) is 12.6. The fourth-order valence-corrected chi connectivity index (χ4v) is 2.45. The molecule has 0 radical (unpaired) electrons. The van der Waals surface area contributed by atoms with Crippen LogP contribution in [0.2, 0.25) is 0 Å². The van der Waals surface area contributed by atoms with Crippen LogP contribution < -0.4 is 0 Å². The lowest BCUT2D eigenvalue weighted by Gasteiger charge is -2.23. The highest BCUT2D eigenvalue weighted by molar-refractivity contribution is 5.53. The van der Waals surface area contributed by atoms with Crippen molar-refractivity contribution >= 4 is 0 Å². The van der Waals surface area contributed by atoms with Gasteiger partial charge in [0.2, 0.25) is 11.7 Å². The number of benzene rings is 2. The molecule has 4 nitrogen and oxygen atoms in total. The highest BCUT2D eigenvalue weighted by atomic mass is 19.1. The molecule has 1 heterocycles. The van der Waals surface area contributed by atoms with Crippen molar-refractivity contribution in [2.75, 3.05) is 7.05 Å². The van der Waals surface area contributed by atoms with Gasteiger partial charge >= 0.3 is 0 Å². The van der Waals surface area contributed by atoms with E-state index in [0.717, 1.165) is 17.7 Å². The Morgan fingerprint density at radius 2 is 1.88 bits per heavy atom. The average molecular weight is 329 g/mol. The van der Waals surface area contributed by atoms with Crippen LogP contribution in [-0.4, -0.2) is 22.1 Å². The summed E-state index contributed by atoms with van der Waals surface area (Å²) in [7, 11) is 1.79. The second-order valence-corrected chi connectivity index (χ2v) is 5.63. The molecular formula is C18H17F2N3O. The van der Waals surface area contributed by atoms with Crippen molar-refractivity contribution in [2.45, 2.75) is 19.5 Å². The summed E-state index contributed by atoms with van der Waals surface area (Å²) in [4.78, 5) is 6.17. The number of rotatable bonds is 5. The van der Waals surface area contributed by atoms with Crippen LogP contribution in [0, 0.1) is 11.6 Å². The van der Waals surface area contributed by atoms with E-state index >= 15 is 0 Å². The number of hydrogen-bond acceptors (Lipinski definition) is 4. The molecule has 0 N–H and O–H groups in total. The van der Waals surface area contributed by atoms with Crippen molar-refractivity contribution in [3.8, 4) is 11.4 Å². The van der Waals surface area contributed by atoms with Gasteiger partial charge in [0.15, 0.2) is 0 Å². The molecule has 3 rings (SSSR count). The topological polar surface area (TPSA) is 42.2 Å². The van der Waals surface area contributed by atoms with E-state index in [-0.39, 0.29) is 6.04 Å². The Balaban J connectivity index is 1.74. The summed E-state index contributed by atoms with van der Waals surface area (Å²) in [5.41, 5.74) is 1.15. The zero-order valence-corrected chi connectivity index (χ0v) is 13.4. The van der Waals surface area contributed by atoms with Gasteiger partial charge in [-0.25, -0.2) is 8.78 Å². The zero-order chi connectivity index (χ0) is 17.1. The first-order valence-electron chi connectivity index (χ1n) is 7.58. The van der Waals surface area contributed by atoms with Crippen molar-refractivity contribution in [1.82, 2.24) is 15.0 Å². The van der Waals surface area contributed by atoms with E-state index in [0.29, 0.717) is 23.8 Å². The molecule has 0 spiro atoms. The molecule has 1 aromatic heterocycles. The molecule has 2 aromatic carbocycles. The van der Waals surface area contributed by atoms with Gasteiger partial charge in [0, 0.05) is 17.2 Å². The van der Waals surface area contributed by atoms with Crippen LogP contribution in [0.1, 0.15) is 24.4 Å². The second kappa shape index (κ2) is 6.88. The molecule has 0 fully saturated rings. The highest BCUT2D eigenvalue weighted by Crippen LogP contribution is 2.24. The van der Waals surface area contributed by atoms with Gasteiger partial charge in [0.05, 0.1) is 6.54 Å². The SMILES string of the molecule is CC(c1cc(F)ccc1F)N(C)Cc1nc(-c2ccccc2)no1. The molecule has 0 amide bonds. The summed E-state index contributed by atoms with van der Waals surface area (Å²) >= 11 is 0. The van der Waals surface area contributed by atoms with Gasteiger partial charge in [-0.05, 0) is 32.2 Å². The van der Waals surface area contributed by atoms with Gasteiger partial charge in [0.25, 0.3) is 0 Å². The minimum Gasteiger partial charge on any atom is -0.338 e. The highest BCUT2D eigenvalue weighted by Gasteiger charge is 2.19. The monoisotopic (exact) mass is 329 g/mol. The van der Waals surface area contributed by atoms with Gasteiger partial charge in [-0.1, -0.05) is 35.5 Å². The molecule has 0 saturated heterocycles. The third-order valence-corrected chi connectivity index (χ3v) is 3.95. The fraction of sp³-hybridized carbons (Fsp3) is 0.222. The van der Waals surface area contributed by atoms with Crippen LogP contribution in [0.4, 0.5) is 8.78 Å². The summed E-state index contributed by atoms with van der Waals surface area (Å²) in [5.74, 6) is 0.0191. The first kappa shape index (κ1) is 16.3. The van der Waals surface area contributed by atoms with Gasteiger partial charge < -0.3 is 4.52 Å². The molecule has 124 valence electrons. The van der Waals surface area contributed by atoms with Crippen LogP contribution in [0.15, 0.2) is 53.1 Å². The lowest BCUT2D eigenvalue weighted by atomic mass is 10.1. The molecule has 0 aliphatic carbocycles. The first-order chi connectivity index (χ1) is 11.5. The predicted molar refractivity (Wildman–Crippen MR) is 86.0 cm³/mol. The molecule has 24 heavy (non-hydrogen) atoms. The van der Waals surface area contributed by atoms with Crippen molar-refractivity contribution in [2.24, 2.45) is 0 Å². The van der Waals surface area contributed by atoms with Crippen molar-refractivity contribution in [1.29, 1.82) is 0 Å². The molecule has 6 heteroatoms. The quantitative estimate of drug-likeness (QED) is 0.703. The summed E-state index contributed by atoms with van der Waals surface area (Å²) in [5, 5.41) is 3.96. The van der Waals surface area contributed by atoms with E-state index < -0.39 is 11.6 Å². The summed E-state index contributed by atoms with van der Waals surface area (Å²) in [6.07, 6.45) is 0. The van der Waals surface area contributed by atoms with Crippen LogP contribution >= 0.6 is 0 Å². The van der Waals surface area contributed by atoms with Crippen LogP contribution in [0.25, 0.3) is 11.4 Å². The molecule has 3 aromatic rings. The maximum atomic E-state index is 13.9. The maximum Gasteiger partial charge on any atom is 0.241 e. The van der Waals surface area contributed by atoms with Gasteiger partial charge in [-0.15, -0.1) is 0 Å². The summed E-state index contributed by atoms with van der Waals surface area (Å²) in [6.45, 7) is 2.13. The second-order valence-electron chi connectivity index (χ2n) is 5.63. The lowest BCUT2D eigenvalue weighted by molar-refractivity contribution is 0.212. The molecule has 0 aliphatic heterocycles. The Bertz CT molecular complexity index is 820. The number of nitrogens with zero attached hydrogens (tertiary/aromatic N) is 3. The Morgan fingerprint density at radius 3 is 2.62 bits per heavy atom. The number of aromatic nitrogens is 2. The molecule has 1 atom stereocenters. The fourth-order valence-electron chi connectivity index (χ4n) is 2.45. The number of hydrogen-bond donors (Lipinski definition) is 0. The third-order valence-electron chi connectivity index (χ3n) is 3.95. The third kappa shape index (κ3) is 3.49. The Hall–Kier alpha value is -2.60. The normalized spacial score (nSPS) is 12.5. The van der Waals surface area contributed by atoms with Gasteiger partial charge in [-0.2, -0.15) is 4.98 Å². The van der Waals surface area contributed by atoms with Gasteiger partial charge in [-0.3, -0.25) is 4.90 Å². The van der Waals surface area contributed by atoms with Crippen molar-refractivity contribution in [3.63, 3.8) is 0 Å². The first-order valence-corrected chi connectivity index (χ1v) is 7.58. The van der Waals surface area contributed by atoms with E-state index in [1.165, 1.54) is 6.07 Å². The smallest absolute Gasteiger partial charge is 0.241 e. The largest absolute Gasteiger partial charge is 0.338 e. The van der Waals surface area contributed by atoms with E-state index in [1.54, 1.807) is 14.0 Å². The van der Waals surface area contributed by atoms with E-state index in [1.807, 2.05) is 35.2 Å². The van der Waals surface area contributed by atoms with Crippen LogP contribution in [0.3, 0.4) is 0 Å². The molecule has 0 saturated carbocycles. The van der Waals surface area contributed by atoms with E-state index in [9.17, 15) is 8.78 Å². The maximum absolute atomic E-state index is 13.9. The van der Waals surface area contributed by atoms with E-state index in [4.69, 9.17) is 4.52 Å². The summed E-state index contributed by atoms with van der Waals surface area (Å²) < 4.78 is 32.5. The lowest BCUT2D eigenvalue weighted by Crippen LogP contribution is -2.23. The minimum absolute atomic E-state index is 0.292. The average Bonchev–Trinajstić information content (AvgIpc) is 3.05. The van der Waals surface area contributed by atoms with Crippen molar-refractivity contribution in [3.05, 3.63) is 71.6 Å². The molecular weight excluding hydrogens is 312 g/mol. The van der Waals surface area contributed by atoms with Gasteiger partial charge in [0.1, 0.15) is 11.6 Å². The zero-order valence-electron chi connectivity index (χ0n) is 13.4. The minimum atomic E-state index is -0.462. The van der Waals surface area contributed by atoms with Crippen molar-refractivity contribution < 1.29 is 13.3 Å². The molecule has 0 aliphatic rings. The number of halogens is 2. The van der Waals surface area contributed by atoms with E-state index in [2.05, 4.69) is 10.1 Å². The Labute approximate surface area is 138 Å². The predicted octanol–water partition coefficient (Wildman–Crippen LogP) is 4.21.